The van der Waals surface area contributed by atoms with E-state index in [1.54, 1.807) is 6.33 Å². The molecule has 6 heteroatoms. The van der Waals surface area contributed by atoms with Gasteiger partial charge in [0.1, 0.15) is 0 Å². The molecule has 1 atom stereocenters. The van der Waals surface area contributed by atoms with Crippen LogP contribution in [0.1, 0.15) is 25.8 Å². The van der Waals surface area contributed by atoms with Crippen molar-refractivity contribution in [2.24, 2.45) is 0 Å². The molecule has 0 fully saturated rings. The summed E-state index contributed by atoms with van der Waals surface area (Å²) in [4.78, 5) is 4.28. The van der Waals surface area contributed by atoms with E-state index in [-0.39, 0.29) is 11.8 Å². The summed E-state index contributed by atoms with van der Waals surface area (Å²) >= 11 is 0. The Morgan fingerprint density at radius 2 is 2.11 bits per heavy atom. The van der Waals surface area contributed by atoms with Gasteiger partial charge in [-0.1, -0.05) is 19.1 Å². The average molecular weight is 268 g/mol. The Kier molecular flexibility index (Phi) is 3.68. The molecule has 0 amide bonds. The summed E-state index contributed by atoms with van der Waals surface area (Å²) < 4.78 is 32.4. The van der Waals surface area contributed by atoms with E-state index in [9.17, 15) is 8.42 Å². The molecule has 1 heterocycles. The minimum absolute atomic E-state index is 0.0272. The number of imidazole rings is 1. The number of nitrogens with zero attached hydrogens (tertiary/aromatic N) is 2. The molecule has 2 aromatic rings. The van der Waals surface area contributed by atoms with Crippen LogP contribution in [0.4, 0.5) is 0 Å². The first-order chi connectivity index (χ1) is 8.51. The van der Waals surface area contributed by atoms with E-state index in [1.807, 2.05) is 35.8 Å². The number of rotatable bonds is 5. The first kappa shape index (κ1) is 13.0. The number of benzene rings is 1. The smallest absolute Gasteiger partial charge is 0.264 e. The molecule has 0 radical (unpaired) electrons. The molecule has 1 aromatic heterocycles. The monoisotopic (exact) mass is 268 g/mol. The molecule has 18 heavy (non-hydrogen) atoms. The number of fused-ring (bicyclic) bond motifs is 1. The highest BCUT2D eigenvalue weighted by Gasteiger charge is 2.15. The minimum Gasteiger partial charge on any atom is -0.327 e. The van der Waals surface area contributed by atoms with Gasteiger partial charge in [0.15, 0.2) is 0 Å². The van der Waals surface area contributed by atoms with Crippen molar-refractivity contribution in [2.45, 2.75) is 25.8 Å². The van der Waals surface area contributed by atoms with Crippen LogP contribution in [0.2, 0.25) is 0 Å². The van der Waals surface area contributed by atoms with Crippen molar-refractivity contribution < 1.29 is 13.0 Å². The van der Waals surface area contributed by atoms with Crippen LogP contribution in [0.3, 0.4) is 0 Å². The fourth-order valence-corrected chi connectivity index (χ4v) is 2.66. The quantitative estimate of drug-likeness (QED) is 0.844. The van der Waals surface area contributed by atoms with Crippen molar-refractivity contribution in [3.05, 3.63) is 30.6 Å². The largest absolute Gasteiger partial charge is 0.327 e. The molecule has 98 valence electrons. The maximum Gasteiger partial charge on any atom is 0.264 e. The number of hydrogen-bond donors (Lipinski definition) is 1. The van der Waals surface area contributed by atoms with Crippen molar-refractivity contribution in [3.63, 3.8) is 0 Å². The van der Waals surface area contributed by atoms with E-state index in [4.69, 9.17) is 4.55 Å². The minimum atomic E-state index is -3.91. The van der Waals surface area contributed by atoms with E-state index >= 15 is 0 Å². The molecule has 0 aliphatic rings. The van der Waals surface area contributed by atoms with Gasteiger partial charge in [0.05, 0.1) is 23.1 Å². The Morgan fingerprint density at radius 1 is 1.39 bits per heavy atom. The maximum absolute atomic E-state index is 10.8. The standard InChI is InChI=1S/C12H16N2O3S/c1-2-10(7-8-18(15,16)17)14-9-13-11-5-3-4-6-12(11)14/h3-6,9-10H,2,7-8H2,1H3,(H,15,16,17). The van der Waals surface area contributed by atoms with Crippen molar-refractivity contribution in [3.8, 4) is 0 Å². The molecule has 2 rings (SSSR count). The van der Waals surface area contributed by atoms with Gasteiger partial charge in [-0.25, -0.2) is 4.98 Å². The van der Waals surface area contributed by atoms with Crippen LogP contribution in [0.15, 0.2) is 30.6 Å². The van der Waals surface area contributed by atoms with Gasteiger partial charge in [-0.05, 0) is 25.0 Å². The Morgan fingerprint density at radius 3 is 2.78 bits per heavy atom. The van der Waals surface area contributed by atoms with Gasteiger partial charge in [0, 0.05) is 6.04 Å². The van der Waals surface area contributed by atoms with E-state index in [0.29, 0.717) is 6.42 Å². The van der Waals surface area contributed by atoms with Gasteiger partial charge >= 0.3 is 0 Å². The highest BCUT2D eigenvalue weighted by molar-refractivity contribution is 7.85. The van der Waals surface area contributed by atoms with Gasteiger partial charge in [-0.2, -0.15) is 8.42 Å². The molecule has 0 saturated carbocycles. The van der Waals surface area contributed by atoms with E-state index < -0.39 is 10.1 Å². The highest BCUT2D eigenvalue weighted by atomic mass is 32.2. The van der Waals surface area contributed by atoms with Crippen LogP contribution in [0.5, 0.6) is 0 Å². The molecule has 0 spiro atoms. The van der Waals surface area contributed by atoms with Crippen molar-refractivity contribution in [2.75, 3.05) is 5.75 Å². The molecule has 5 nitrogen and oxygen atoms in total. The molecule has 1 aromatic carbocycles. The van der Waals surface area contributed by atoms with Crippen LogP contribution < -0.4 is 0 Å². The second kappa shape index (κ2) is 5.07. The Bertz CT molecular complexity index is 634. The lowest BCUT2D eigenvalue weighted by atomic mass is 10.1. The van der Waals surface area contributed by atoms with Crippen LogP contribution >= 0.6 is 0 Å². The third-order valence-corrected chi connectivity index (χ3v) is 3.81. The maximum atomic E-state index is 10.8. The second-order valence-electron chi connectivity index (χ2n) is 4.28. The van der Waals surface area contributed by atoms with E-state index in [1.165, 1.54) is 0 Å². The molecule has 0 bridgehead atoms. The third kappa shape index (κ3) is 2.88. The van der Waals surface area contributed by atoms with E-state index in [0.717, 1.165) is 17.5 Å². The van der Waals surface area contributed by atoms with Crippen molar-refractivity contribution >= 4 is 21.2 Å². The van der Waals surface area contributed by atoms with Gasteiger partial charge in [0.25, 0.3) is 10.1 Å². The summed E-state index contributed by atoms with van der Waals surface area (Å²) in [5.74, 6) is -0.224. The van der Waals surface area contributed by atoms with Crippen LogP contribution in [-0.4, -0.2) is 28.3 Å². The SMILES string of the molecule is CCC(CCS(=O)(=O)O)n1cnc2ccccc21. The predicted molar refractivity (Wildman–Crippen MR) is 70.1 cm³/mol. The third-order valence-electron chi connectivity index (χ3n) is 3.05. The normalized spacial score (nSPS) is 13.9. The molecular weight excluding hydrogens is 252 g/mol. The summed E-state index contributed by atoms with van der Waals surface area (Å²) in [5, 5.41) is 0. The summed E-state index contributed by atoms with van der Waals surface area (Å²) in [6, 6.07) is 7.74. The fraction of sp³-hybridized carbons (Fsp3) is 0.417. The molecule has 0 aliphatic heterocycles. The first-order valence-electron chi connectivity index (χ1n) is 5.88. The second-order valence-corrected chi connectivity index (χ2v) is 5.85. The van der Waals surface area contributed by atoms with E-state index in [2.05, 4.69) is 4.98 Å². The van der Waals surface area contributed by atoms with Crippen LogP contribution in [-0.2, 0) is 10.1 Å². The molecule has 0 aliphatic carbocycles. The summed E-state index contributed by atoms with van der Waals surface area (Å²) in [6.07, 6.45) is 2.90. The molecule has 0 saturated heterocycles. The zero-order valence-electron chi connectivity index (χ0n) is 10.2. The predicted octanol–water partition coefficient (Wildman–Crippen LogP) is 2.27. The molecule has 1 N–H and O–H groups in total. The van der Waals surface area contributed by atoms with Crippen LogP contribution in [0.25, 0.3) is 11.0 Å². The average Bonchev–Trinajstić information content (AvgIpc) is 2.73. The number of aromatic nitrogens is 2. The number of hydrogen-bond acceptors (Lipinski definition) is 3. The van der Waals surface area contributed by atoms with Gasteiger partial charge in [-0.3, -0.25) is 4.55 Å². The van der Waals surface area contributed by atoms with Crippen molar-refractivity contribution in [1.82, 2.24) is 9.55 Å². The summed E-state index contributed by atoms with van der Waals surface area (Å²) in [6.45, 7) is 1.99. The lowest BCUT2D eigenvalue weighted by molar-refractivity contribution is 0.451. The first-order valence-corrected chi connectivity index (χ1v) is 7.49. The van der Waals surface area contributed by atoms with Gasteiger partial charge < -0.3 is 4.57 Å². The van der Waals surface area contributed by atoms with Gasteiger partial charge in [0.2, 0.25) is 0 Å². The zero-order chi connectivity index (χ0) is 13.2. The van der Waals surface area contributed by atoms with Crippen molar-refractivity contribution in [1.29, 1.82) is 0 Å². The van der Waals surface area contributed by atoms with Gasteiger partial charge in [-0.15, -0.1) is 0 Å². The summed E-state index contributed by atoms with van der Waals surface area (Å²) in [7, 11) is -3.91. The summed E-state index contributed by atoms with van der Waals surface area (Å²) in [5.41, 5.74) is 1.88. The molecule has 1 unspecified atom stereocenters. The highest BCUT2D eigenvalue weighted by Crippen LogP contribution is 2.22. The Balaban J connectivity index is 2.27. The van der Waals surface area contributed by atoms with Crippen LogP contribution in [0, 0.1) is 0 Å². The lowest BCUT2D eigenvalue weighted by Gasteiger charge is -2.16. The lowest BCUT2D eigenvalue weighted by Crippen LogP contribution is -2.13. The topological polar surface area (TPSA) is 72.2 Å². The fourth-order valence-electron chi connectivity index (χ4n) is 2.09. The Labute approximate surface area is 106 Å². The number of para-hydroxylation sites is 2. The Hall–Kier alpha value is -1.40. The zero-order valence-corrected chi connectivity index (χ0v) is 11.0. The molecular formula is C12H16N2O3S.